The molecule has 2 rings (SSSR count). The van der Waals surface area contributed by atoms with Gasteiger partial charge in [0.25, 0.3) is 5.91 Å². The number of anilines is 1. The second-order valence-electron chi connectivity index (χ2n) is 4.38. The van der Waals surface area contributed by atoms with E-state index in [2.05, 4.69) is 10.5 Å². The molecule has 0 fully saturated rings. The lowest BCUT2D eigenvalue weighted by atomic mass is 10.2. The lowest BCUT2D eigenvalue weighted by molar-refractivity contribution is -0.118. The number of amides is 1. The van der Waals surface area contributed by atoms with Gasteiger partial charge in [0.1, 0.15) is 11.5 Å². The van der Waals surface area contributed by atoms with E-state index in [4.69, 9.17) is 14.7 Å². The normalized spacial score (nSPS) is 10.4. The molecule has 0 aromatic heterocycles. The highest BCUT2D eigenvalue weighted by atomic mass is 16.5. The molecule has 0 radical (unpaired) electrons. The lowest BCUT2D eigenvalue weighted by Crippen LogP contribution is -2.20. The van der Waals surface area contributed by atoms with Crippen molar-refractivity contribution in [1.29, 1.82) is 0 Å². The smallest absolute Gasteiger partial charge is 0.262 e. The molecule has 2 aromatic carbocycles. The molecule has 6 nitrogen and oxygen atoms in total. The van der Waals surface area contributed by atoms with Gasteiger partial charge in [-0.3, -0.25) is 4.79 Å². The molecule has 0 spiro atoms. The first-order chi connectivity index (χ1) is 10.7. The summed E-state index contributed by atoms with van der Waals surface area (Å²) in [6.07, 6.45) is 1.28. The Kier molecular flexibility index (Phi) is 5.37. The van der Waals surface area contributed by atoms with Crippen molar-refractivity contribution in [1.82, 2.24) is 0 Å². The quantitative estimate of drug-likeness (QED) is 0.488. The van der Waals surface area contributed by atoms with Crippen LogP contribution in [0.5, 0.6) is 11.5 Å². The highest BCUT2D eigenvalue weighted by Crippen LogP contribution is 2.15. The van der Waals surface area contributed by atoms with Crippen LogP contribution in [0.15, 0.2) is 53.7 Å². The zero-order chi connectivity index (χ0) is 15.8. The number of methoxy groups -OCH3 is 1. The molecule has 0 aliphatic heterocycles. The van der Waals surface area contributed by atoms with Crippen molar-refractivity contribution in [3.8, 4) is 11.5 Å². The van der Waals surface area contributed by atoms with Crippen LogP contribution in [0.3, 0.4) is 0 Å². The fraction of sp³-hybridized carbons (Fsp3) is 0.125. The predicted octanol–water partition coefficient (Wildman–Crippen LogP) is 2.52. The molecule has 22 heavy (non-hydrogen) atoms. The van der Waals surface area contributed by atoms with E-state index in [1.807, 2.05) is 0 Å². The number of hydrogen-bond donors (Lipinski definition) is 2. The van der Waals surface area contributed by atoms with E-state index in [0.717, 1.165) is 5.75 Å². The van der Waals surface area contributed by atoms with Gasteiger partial charge in [-0.15, -0.1) is 0 Å². The van der Waals surface area contributed by atoms with E-state index < -0.39 is 0 Å². The Morgan fingerprint density at radius 1 is 1.23 bits per heavy atom. The zero-order valence-electron chi connectivity index (χ0n) is 12.0. The van der Waals surface area contributed by atoms with Crippen LogP contribution in [0.25, 0.3) is 0 Å². The Balaban J connectivity index is 1.88. The van der Waals surface area contributed by atoms with Gasteiger partial charge in [-0.2, -0.15) is 0 Å². The molecule has 114 valence electrons. The van der Waals surface area contributed by atoms with Crippen molar-refractivity contribution < 1.29 is 19.5 Å². The van der Waals surface area contributed by atoms with E-state index in [1.54, 1.807) is 55.6 Å². The molecule has 1 amide bonds. The molecule has 6 heteroatoms. The fourth-order valence-corrected chi connectivity index (χ4v) is 1.77. The minimum Gasteiger partial charge on any atom is -0.497 e. The zero-order valence-corrected chi connectivity index (χ0v) is 12.0. The third-order valence-corrected chi connectivity index (χ3v) is 2.81. The highest BCUT2D eigenvalue weighted by molar-refractivity contribution is 5.92. The Morgan fingerprint density at radius 3 is 2.68 bits per heavy atom. The van der Waals surface area contributed by atoms with Crippen LogP contribution in [-0.4, -0.2) is 31.0 Å². The number of hydrogen-bond acceptors (Lipinski definition) is 5. The standard InChI is InChI=1S/C16H16N2O4/c1-21-14-7-5-13(6-8-14)18-16(19)11-22-15-4-2-3-12(9-15)10-17-20/h2-10,20H,11H2,1H3,(H,18,19)/b17-10+. The van der Waals surface area contributed by atoms with Crippen LogP contribution >= 0.6 is 0 Å². The predicted molar refractivity (Wildman–Crippen MR) is 82.9 cm³/mol. The first-order valence-electron chi connectivity index (χ1n) is 6.55. The average Bonchev–Trinajstić information content (AvgIpc) is 2.54. The minimum atomic E-state index is -0.272. The molecule has 2 N–H and O–H groups in total. The Hall–Kier alpha value is -3.02. The number of nitrogens with zero attached hydrogens (tertiary/aromatic N) is 1. The highest BCUT2D eigenvalue weighted by Gasteiger charge is 2.04. The van der Waals surface area contributed by atoms with E-state index in [1.165, 1.54) is 6.21 Å². The molecular formula is C16H16N2O4. The summed E-state index contributed by atoms with van der Waals surface area (Å²) in [6.45, 7) is -0.119. The lowest BCUT2D eigenvalue weighted by Gasteiger charge is -2.08. The van der Waals surface area contributed by atoms with Crippen molar-refractivity contribution in [2.45, 2.75) is 0 Å². The van der Waals surface area contributed by atoms with Crippen LogP contribution < -0.4 is 14.8 Å². The van der Waals surface area contributed by atoms with Crippen LogP contribution in [0, 0.1) is 0 Å². The summed E-state index contributed by atoms with van der Waals surface area (Å²) >= 11 is 0. The summed E-state index contributed by atoms with van der Waals surface area (Å²) < 4.78 is 10.4. The van der Waals surface area contributed by atoms with Gasteiger partial charge in [-0.05, 0) is 42.0 Å². The minimum absolute atomic E-state index is 0.119. The van der Waals surface area contributed by atoms with Gasteiger partial charge in [-0.1, -0.05) is 17.3 Å². The van der Waals surface area contributed by atoms with Crippen molar-refractivity contribution in [2.75, 3.05) is 19.0 Å². The van der Waals surface area contributed by atoms with Crippen LogP contribution in [-0.2, 0) is 4.79 Å². The molecule has 0 saturated heterocycles. The largest absolute Gasteiger partial charge is 0.497 e. The van der Waals surface area contributed by atoms with Crippen LogP contribution in [0.2, 0.25) is 0 Å². The van der Waals surface area contributed by atoms with Gasteiger partial charge in [0, 0.05) is 5.69 Å². The maximum atomic E-state index is 11.8. The van der Waals surface area contributed by atoms with Gasteiger partial charge >= 0.3 is 0 Å². The van der Waals surface area contributed by atoms with E-state index >= 15 is 0 Å². The number of oxime groups is 1. The third-order valence-electron chi connectivity index (χ3n) is 2.81. The molecular weight excluding hydrogens is 284 g/mol. The third kappa shape index (κ3) is 4.52. The number of benzene rings is 2. The van der Waals surface area contributed by atoms with E-state index in [0.29, 0.717) is 17.0 Å². The molecule has 0 bridgehead atoms. The van der Waals surface area contributed by atoms with Gasteiger partial charge < -0.3 is 20.0 Å². The van der Waals surface area contributed by atoms with Crippen LogP contribution in [0.1, 0.15) is 5.56 Å². The summed E-state index contributed by atoms with van der Waals surface area (Å²) in [7, 11) is 1.58. The number of nitrogens with one attached hydrogen (secondary N) is 1. The van der Waals surface area contributed by atoms with Crippen molar-refractivity contribution in [3.05, 3.63) is 54.1 Å². The van der Waals surface area contributed by atoms with Gasteiger partial charge in [0.05, 0.1) is 13.3 Å². The van der Waals surface area contributed by atoms with E-state index in [-0.39, 0.29) is 12.5 Å². The topological polar surface area (TPSA) is 80.2 Å². The summed E-state index contributed by atoms with van der Waals surface area (Å²) in [4.78, 5) is 11.8. The number of rotatable bonds is 6. The molecule has 0 aliphatic rings. The Labute approximate surface area is 128 Å². The van der Waals surface area contributed by atoms with Crippen LogP contribution in [0.4, 0.5) is 5.69 Å². The number of carbonyl (C=O) groups is 1. The summed E-state index contributed by atoms with van der Waals surface area (Å²) in [6, 6.07) is 13.9. The maximum absolute atomic E-state index is 11.8. The molecule has 0 unspecified atom stereocenters. The van der Waals surface area contributed by atoms with Gasteiger partial charge in [0.2, 0.25) is 0 Å². The molecule has 0 heterocycles. The monoisotopic (exact) mass is 300 g/mol. The van der Waals surface area contributed by atoms with Gasteiger partial charge in [0.15, 0.2) is 6.61 Å². The summed E-state index contributed by atoms with van der Waals surface area (Å²) in [5, 5.41) is 14.1. The molecule has 0 aliphatic carbocycles. The second kappa shape index (κ2) is 7.68. The van der Waals surface area contributed by atoms with Crippen molar-refractivity contribution >= 4 is 17.8 Å². The maximum Gasteiger partial charge on any atom is 0.262 e. The fourth-order valence-electron chi connectivity index (χ4n) is 1.77. The number of carbonyl (C=O) groups excluding carboxylic acids is 1. The average molecular weight is 300 g/mol. The number of ether oxygens (including phenoxy) is 2. The first-order valence-corrected chi connectivity index (χ1v) is 6.55. The molecule has 2 aromatic rings. The molecule has 0 saturated carbocycles. The SMILES string of the molecule is COc1ccc(NC(=O)COc2cccc(/C=N/O)c2)cc1. The Morgan fingerprint density at radius 2 is 2.00 bits per heavy atom. The van der Waals surface area contributed by atoms with Crippen molar-refractivity contribution in [2.24, 2.45) is 5.16 Å². The van der Waals surface area contributed by atoms with Crippen molar-refractivity contribution in [3.63, 3.8) is 0 Å². The first kappa shape index (κ1) is 15.4. The summed E-state index contributed by atoms with van der Waals surface area (Å²) in [5.41, 5.74) is 1.34. The van der Waals surface area contributed by atoms with E-state index in [9.17, 15) is 4.79 Å². The summed E-state index contributed by atoms with van der Waals surface area (Å²) in [5.74, 6) is 0.963. The second-order valence-corrected chi connectivity index (χ2v) is 4.38. The van der Waals surface area contributed by atoms with Gasteiger partial charge in [-0.25, -0.2) is 0 Å². The Bertz CT molecular complexity index is 653. The molecule has 0 atom stereocenters.